The molecule has 2 atom stereocenters. The van der Waals surface area contributed by atoms with Crippen LogP contribution in [0.1, 0.15) is 17.0 Å². The number of rotatable bonds is 2. The molecule has 1 amide bonds. The van der Waals surface area contributed by atoms with Crippen LogP contribution in [0.5, 0.6) is 0 Å². The zero-order valence-electron chi connectivity index (χ0n) is 13.2. The normalized spacial score (nSPS) is 23.9. The number of carbonyl (C=O) groups is 1. The SMILES string of the molecule is Cn1ccnc1C(=O)N1C[C@H]2CCN(c3cnccn3)C[C@H]2C1. The predicted molar refractivity (Wildman–Crippen MR) is 85.0 cm³/mol. The van der Waals surface area contributed by atoms with Crippen LogP contribution in [0, 0.1) is 11.8 Å². The van der Waals surface area contributed by atoms with Crippen LogP contribution < -0.4 is 4.90 Å². The molecule has 0 N–H and O–H groups in total. The lowest BCUT2D eigenvalue weighted by Gasteiger charge is -2.34. The largest absolute Gasteiger partial charge is 0.355 e. The monoisotopic (exact) mass is 312 g/mol. The average Bonchev–Trinajstić information content (AvgIpc) is 3.20. The summed E-state index contributed by atoms with van der Waals surface area (Å²) < 4.78 is 1.79. The maximum absolute atomic E-state index is 12.6. The van der Waals surface area contributed by atoms with E-state index in [1.165, 1.54) is 0 Å². The highest BCUT2D eigenvalue weighted by Gasteiger charge is 2.40. The number of fused-ring (bicyclic) bond motifs is 1. The Morgan fingerprint density at radius 2 is 2.00 bits per heavy atom. The maximum Gasteiger partial charge on any atom is 0.289 e. The molecule has 2 fully saturated rings. The van der Waals surface area contributed by atoms with Crippen LogP contribution in [0.4, 0.5) is 5.82 Å². The van der Waals surface area contributed by atoms with E-state index in [9.17, 15) is 4.79 Å². The van der Waals surface area contributed by atoms with Crippen molar-refractivity contribution < 1.29 is 4.79 Å². The molecular weight excluding hydrogens is 292 g/mol. The number of imidazole rings is 1. The molecule has 0 bridgehead atoms. The van der Waals surface area contributed by atoms with Crippen molar-refractivity contribution in [1.29, 1.82) is 0 Å². The van der Waals surface area contributed by atoms with Crippen LogP contribution in [0.15, 0.2) is 31.0 Å². The quantitative estimate of drug-likeness (QED) is 0.821. The summed E-state index contributed by atoms with van der Waals surface area (Å²) in [6.07, 6.45) is 9.81. The fourth-order valence-electron chi connectivity index (χ4n) is 3.71. The molecule has 4 rings (SSSR count). The van der Waals surface area contributed by atoms with Gasteiger partial charge in [0.25, 0.3) is 5.91 Å². The lowest BCUT2D eigenvalue weighted by atomic mass is 9.89. The molecule has 4 heterocycles. The first-order valence-corrected chi connectivity index (χ1v) is 8.00. The van der Waals surface area contributed by atoms with E-state index in [-0.39, 0.29) is 5.91 Å². The average molecular weight is 312 g/mol. The Morgan fingerprint density at radius 1 is 1.13 bits per heavy atom. The number of amides is 1. The fourth-order valence-corrected chi connectivity index (χ4v) is 3.71. The van der Waals surface area contributed by atoms with E-state index in [2.05, 4.69) is 19.9 Å². The van der Waals surface area contributed by atoms with Gasteiger partial charge in [-0.25, -0.2) is 9.97 Å². The summed E-state index contributed by atoms with van der Waals surface area (Å²) in [5.74, 6) is 2.56. The highest BCUT2D eigenvalue weighted by Crippen LogP contribution is 2.33. The third kappa shape index (κ3) is 2.56. The highest BCUT2D eigenvalue weighted by atomic mass is 16.2. The Bertz CT molecular complexity index is 700. The van der Waals surface area contributed by atoms with Crippen LogP contribution in [-0.2, 0) is 7.05 Å². The van der Waals surface area contributed by atoms with Gasteiger partial charge in [0.05, 0.1) is 6.20 Å². The number of aryl methyl sites for hydroxylation is 1. The molecule has 0 aromatic carbocycles. The standard InChI is InChI=1S/C16H20N6O/c1-20-7-5-19-15(20)16(23)22-9-12-2-6-21(10-13(12)11-22)14-8-17-3-4-18-14/h3-5,7-8,12-13H,2,6,9-11H2,1H3/t12-,13+/m1/s1. The Balaban J connectivity index is 1.46. The minimum Gasteiger partial charge on any atom is -0.355 e. The molecule has 0 aliphatic carbocycles. The van der Waals surface area contributed by atoms with Crippen molar-refractivity contribution in [3.63, 3.8) is 0 Å². The zero-order valence-corrected chi connectivity index (χ0v) is 13.2. The van der Waals surface area contributed by atoms with Crippen molar-refractivity contribution in [1.82, 2.24) is 24.4 Å². The molecule has 0 saturated carbocycles. The van der Waals surface area contributed by atoms with Crippen molar-refractivity contribution in [3.05, 3.63) is 36.8 Å². The molecule has 0 unspecified atom stereocenters. The molecule has 120 valence electrons. The lowest BCUT2D eigenvalue weighted by molar-refractivity contribution is 0.0769. The Kier molecular flexibility index (Phi) is 3.48. The van der Waals surface area contributed by atoms with Gasteiger partial charge >= 0.3 is 0 Å². The van der Waals surface area contributed by atoms with Crippen LogP contribution in [0.2, 0.25) is 0 Å². The Labute approximate surface area is 135 Å². The van der Waals surface area contributed by atoms with Crippen molar-refractivity contribution in [3.8, 4) is 0 Å². The number of piperidine rings is 1. The maximum atomic E-state index is 12.6. The molecule has 2 aliphatic heterocycles. The van der Waals surface area contributed by atoms with E-state index in [0.717, 1.165) is 38.4 Å². The molecule has 2 aliphatic rings. The van der Waals surface area contributed by atoms with Crippen LogP contribution >= 0.6 is 0 Å². The van der Waals surface area contributed by atoms with E-state index in [0.29, 0.717) is 17.7 Å². The zero-order chi connectivity index (χ0) is 15.8. The number of carbonyl (C=O) groups excluding carboxylic acids is 1. The molecule has 0 spiro atoms. The van der Waals surface area contributed by atoms with Crippen molar-refractivity contribution in [2.75, 3.05) is 31.1 Å². The summed E-state index contributed by atoms with van der Waals surface area (Å²) in [4.78, 5) is 29.6. The van der Waals surface area contributed by atoms with Crippen LogP contribution in [0.25, 0.3) is 0 Å². The van der Waals surface area contributed by atoms with Gasteiger partial charge in [-0.2, -0.15) is 0 Å². The first-order chi connectivity index (χ1) is 11.2. The molecule has 2 aromatic heterocycles. The number of hydrogen-bond acceptors (Lipinski definition) is 5. The summed E-state index contributed by atoms with van der Waals surface area (Å²) in [5.41, 5.74) is 0. The Hall–Kier alpha value is -2.44. The topological polar surface area (TPSA) is 67.2 Å². The van der Waals surface area contributed by atoms with Gasteiger partial charge in [-0.05, 0) is 18.3 Å². The summed E-state index contributed by atoms with van der Waals surface area (Å²) in [6.45, 7) is 3.55. The van der Waals surface area contributed by atoms with Gasteiger partial charge in [0.15, 0.2) is 5.82 Å². The van der Waals surface area contributed by atoms with Crippen LogP contribution in [-0.4, -0.2) is 56.5 Å². The van der Waals surface area contributed by atoms with Gasteiger partial charge in [-0.15, -0.1) is 0 Å². The smallest absolute Gasteiger partial charge is 0.289 e. The molecule has 2 saturated heterocycles. The van der Waals surface area contributed by atoms with E-state index < -0.39 is 0 Å². The summed E-state index contributed by atoms with van der Waals surface area (Å²) in [7, 11) is 1.86. The minimum absolute atomic E-state index is 0.0398. The third-order valence-corrected chi connectivity index (χ3v) is 4.97. The van der Waals surface area contributed by atoms with Gasteiger partial charge in [0.2, 0.25) is 0 Å². The van der Waals surface area contributed by atoms with Gasteiger partial charge in [-0.3, -0.25) is 9.78 Å². The van der Waals surface area contributed by atoms with Gasteiger partial charge in [0.1, 0.15) is 5.82 Å². The third-order valence-electron chi connectivity index (χ3n) is 4.97. The second-order valence-corrected chi connectivity index (χ2v) is 6.39. The van der Waals surface area contributed by atoms with E-state index in [1.807, 2.05) is 24.3 Å². The molecule has 0 radical (unpaired) electrons. The first kappa shape index (κ1) is 14.2. The summed E-state index contributed by atoms with van der Waals surface area (Å²) >= 11 is 0. The van der Waals surface area contributed by atoms with E-state index in [1.54, 1.807) is 23.2 Å². The lowest BCUT2D eigenvalue weighted by Crippen LogP contribution is -2.40. The number of likely N-dealkylation sites (tertiary alicyclic amines) is 1. The van der Waals surface area contributed by atoms with Gasteiger partial charge < -0.3 is 14.4 Å². The van der Waals surface area contributed by atoms with E-state index >= 15 is 0 Å². The van der Waals surface area contributed by atoms with Crippen molar-refractivity contribution >= 4 is 11.7 Å². The second kappa shape index (κ2) is 5.64. The molecule has 2 aromatic rings. The van der Waals surface area contributed by atoms with Gasteiger partial charge in [0, 0.05) is 58.0 Å². The number of anilines is 1. The first-order valence-electron chi connectivity index (χ1n) is 8.00. The Morgan fingerprint density at radius 3 is 2.74 bits per heavy atom. The minimum atomic E-state index is 0.0398. The number of nitrogens with zero attached hydrogens (tertiary/aromatic N) is 6. The van der Waals surface area contributed by atoms with E-state index in [4.69, 9.17) is 0 Å². The number of aromatic nitrogens is 4. The van der Waals surface area contributed by atoms with Crippen molar-refractivity contribution in [2.24, 2.45) is 18.9 Å². The highest BCUT2D eigenvalue weighted by molar-refractivity contribution is 5.91. The van der Waals surface area contributed by atoms with Gasteiger partial charge in [-0.1, -0.05) is 0 Å². The fraction of sp³-hybridized carbons (Fsp3) is 0.500. The molecular formula is C16H20N6O. The van der Waals surface area contributed by atoms with Crippen LogP contribution in [0.3, 0.4) is 0 Å². The molecule has 7 heteroatoms. The number of hydrogen-bond donors (Lipinski definition) is 0. The summed E-state index contributed by atoms with van der Waals surface area (Å²) in [5, 5.41) is 0. The molecule has 7 nitrogen and oxygen atoms in total. The second-order valence-electron chi connectivity index (χ2n) is 6.39. The summed E-state index contributed by atoms with van der Waals surface area (Å²) in [6, 6.07) is 0. The van der Waals surface area contributed by atoms with Crippen molar-refractivity contribution in [2.45, 2.75) is 6.42 Å². The molecule has 23 heavy (non-hydrogen) atoms. The predicted octanol–water partition coefficient (Wildman–Crippen LogP) is 0.809.